The van der Waals surface area contributed by atoms with Crippen molar-refractivity contribution in [2.45, 2.75) is 45.4 Å². The summed E-state index contributed by atoms with van der Waals surface area (Å²) >= 11 is 0. The number of carbonyl (C=O) groups excluding carboxylic acids is 2. The first kappa shape index (κ1) is 23.3. The molecule has 1 aliphatic heterocycles. The molecule has 1 atom stereocenters. The number of rotatable bonds is 5. The Balaban J connectivity index is 1.59. The normalized spacial score (nSPS) is 19.8. The minimum atomic E-state index is -0.481. The minimum Gasteiger partial charge on any atom is -0.348 e. The van der Waals surface area contributed by atoms with Crippen molar-refractivity contribution in [3.63, 3.8) is 0 Å². The lowest BCUT2D eigenvalue weighted by atomic mass is 9.71. The molecule has 2 amide bonds. The van der Waals surface area contributed by atoms with E-state index in [-0.39, 0.29) is 17.7 Å². The zero-order valence-electron chi connectivity index (χ0n) is 20.2. The molecule has 174 valence electrons. The van der Waals surface area contributed by atoms with Crippen molar-refractivity contribution < 1.29 is 9.59 Å². The van der Waals surface area contributed by atoms with Gasteiger partial charge in [-0.3, -0.25) is 9.59 Å². The van der Waals surface area contributed by atoms with Crippen LogP contribution >= 0.6 is 0 Å². The van der Waals surface area contributed by atoms with Crippen LogP contribution in [0, 0.1) is 18.3 Å². The van der Waals surface area contributed by atoms with Crippen LogP contribution in [-0.4, -0.2) is 48.8 Å². The number of piperidine rings is 1. The number of hydrogen-bond acceptors (Lipinski definition) is 2. The summed E-state index contributed by atoms with van der Waals surface area (Å²) in [6, 6.07) is 16.9. The lowest BCUT2D eigenvalue weighted by molar-refractivity contribution is -0.147. The van der Waals surface area contributed by atoms with Crippen LogP contribution in [0.4, 0.5) is 0 Å². The molecule has 2 aromatic rings. The number of carbonyl (C=O) groups is 2. The molecular weight excluding hydrogens is 408 g/mol. The largest absolute Gasteiger partial charge is 0.348 e. The van der Waals surface area contributed by atoms with Crippen LogP contribution < -0.4 is 0 Å². The van der Waals surface area contributed by atoms with Crippen LogP contribution in [0.5, 0.6) is 0 Å². The molecule has 0 spiro atoms. The Morgan fingerprint density at radius 3 is 2.27 bits per heavy atom. The molecule has 1 aliphatic carbocycles. The van der Waals surface area contributed by atoms with Crippen LogP contribution in [0.25, 0.3) is 11.1 Å². The van der Waals surface area contributed by atoms with Crippen molar-refractivity contribution in [2.75, 3.05) is 27.2 Å². The molecule has 4 rings (SSSR count). The first-order valence-electron chi connectivity index (χ1n) is 12.2. The van der Waals surface area contributed by atoms with Gasteiger partial charge in [0.15, 0.2) is 0 Å². The van der Waals surface area contributed by atoms with Crippen LogP contribution in [0.1, 0.15) is 43.2 Å². The smallest absolute Gasteiger partial charge is 0.228 e. The van der Waals surface area contributed by atoms with Crippen molar-refractivity contribution in [1.82, 2.24) is 9.80 Å². The lowest BCUT2D eigenvalue weighted by Gasteiger charge is -2.43. The Morgan fingerprint density at radius 2 is 1.64 bits per heavy atom. The maximum absolute atomic E-state index is 13.5. The van der Waals surface area contributed by atoms with E-state index in [0.717, 1.165) is 19.3 Å². The Morgan fingerprint density at radius 1 is 0.970 bits per heavy atom. The average molecular weight is 445 g/mol. The lowest BCUT2D eigenvalue weighted by Crippen LogP contribution is -2.52. The predicted octanol–water partition coefficient (Wildman–Crippen LogP) is 5.26. The first-order chi connectivity index (χ1) is 15.9. The number of benzene rings is 2. The second-order valence-electron chi connectivity index (χ2n) is 9.94. The van der Waals surface area contributed by atoms with Gasteiger partial charge in [-0.15, -0.1) is 0 Å². The highest BCUT2D eigenvalue weighted by molar-refractivity contribution is 5.84. The van der Waals surface area contributed by atoms with E-state index >= 15 is 0 Å². The van der Waals surface area contributed by atoms with E-state index in [1.54, 1.807) is 4.90 Å². The fraction of sp³-hybridized carbons (Fsp3) is 0.448. The predicted molar refractivity (Wildman–Crippen MR) is 134 cm³/mol. The number of aryl methyl sites for hydroxylation is 1. The third-order valence-electron chi connectivity index (χ3n) is 7.49. The minimum absolute atomic E-state index is 0.105. The van der Waals surface area contributed by atoms with E-state index < -0.39 is 5.41 Å². The number of likely N-dealkylation sites (tertiary alicyclic amines) is 1. The van der Waals surface area contributed by atoms with Crippen LogP contribution in [-0.2, 0) is 16.0 Å². The summed E-state index contributed by atoms with van der Waals surface area (Å²) in [4.78, 5) is 30.4. The van der Waals surface area contributed by atoms with Gasteiger partial charge < -0.3 is 9.80 Å². The molecule has 2 aliphatic rings. The van der Waals surface area contributed by atoms with Crippen LogP contribution in [0.3, 0.4) is 0 Å². The molecule has 1 heterocycles. The molecule has 33 heavy (non-hydrogen) atoms. The quantitative estimate of drug-likeness (QED) is 0.591. The second kappa shape index (κ2) is 9.94. The number of allylic oxidation sites excluding steroid dienone is 2. The van der Waals surface area contributed by atoms with E-state index in [9.17, 15) is 9.59 Å². The van der Waals surface area contributed by atoms with E-state index in [1.807, 2.05) is 19.0 Å². The van der Waals surface area contributed by atoms with Crippen LogP contribution in [0.15, 0.2) is 60.7 Å². The van der Waals surface area contributed by atoms with Gasteiger partial charge in [-0.25, -0.2) is 0 Å². The van der Waals surface area contributed by atoms with E-state index in [4.69, 9.17) is 0 Å². The maximum Gasteiger partial charge on any atom is 0.228 e. The summed E-state index contributed by atoms with van der Waals surface area (Å²) in [6.07, 6.45) is 9.20. The topological polar surface area (TPSA) is 40.6 Å². The zero-order chi connectivity index (χ0) is 23.4. The molecule has 0 aromatic heterocycles. The Labute approximate surface area is 198 Å². The fourth-order valence-corrected chi connectivity index (χ4v) is 5.55. The third-order valence-corrected chi connectivity index (χ3v) is 7.49. The van der Waals surface area contributed by atoms with Gasteiger partial charge in [0, 0.05) is 33.1 Å². The molecule has 0 radical (unpaired) electrons. The van der Waals surface area contributed by atoms with Gasteiger partial charge in [-0.2, -0.15) is 0 Å². The van der Waals surface area contributed by atoms with E-state index in [1.165, 1.54) is 22.3 Å². The fourth-order valence-electron chi connectivity index (χ4n) is 5.55. The Hall–Kier alpha value is -2.88. The maximum atomic E-state index is 13.5. The first-order valence-corrected chi connectivity index (χ1v) is 12.2. The monoisotopic (exact) mass is 444 g/mol. The second-order valence-corrected chi connectivity index (χ2v) is 9.94. The van der Waals surface area contributed by atoms with Crippen molar-refractivity contribution in [3.8, 4) is 11.1 Å². The molecule has 4 heteroatoms. The van der Waals surface area contributed by atoms with Crippen molar-refractivity contribution in [1.29, 1.82) is 0 Å². The molecule has 0 N–H and O–H groups in total. The highest BCUT2D eigenvalue weighted by Crippen LogP contribution is 2.40. The van der Waals surface area contributed by atoms with E-state index in [0.29, 0.717) is 32.4 Å². The van der Waals surface area contributed by atoms with Crippen LogP contribution in [0.2, 0.25) is 0 Å². The van der Waals surface area contributed by atoms with Gasteiger partial charge in [-0.05, 0) is 67.7 Å². The third kappa shape index (κ3) is 4.90. The molecule has 1 fully saturated rings. The summed E-state index contributed by atoms with van der Waals surface area (Å²) in [5.74, 6) is 0.550. The molecule has 1 unspecified atom stereocenters. The molecule has 0 bridgehead atoms. The van der Waals surface area contributed by atoms with Gasteiger partial charge in [-0.1, -0.05) is 60.7 Å². The van der Waals surface area contributed by atoms with Crippen molar-refractivity contribution in [3.05, 3.63) is 71.8 Å². The Bertz CT molecular complexity index is 1030. The van der Waals surface area contributed by atoms with Gasteiger partial charge in [0.25, 0.3) is 0 Å². The molecule has 2 aromatic carbocycles. The molecule has 0 saturated carbocycles. The summed E-state index contributed by atoms with van der Waals surface area (Å²) < 4.78 is 0. The standard InChI is InChI=1S/C29H36N2O2/c1-22-11-7-9-15-25(22)26-16-10-8-14-24(26)21-29(28(33)30(2)3)17-19-31(20-18-29)27(32)23-12-5-4-6-13-23/h4-5,7-11,14-16,23H,6,12-13,17-21H2,1-3H3. The summed E-state index contributed by atoms with van der Waals surface area (Å²) in [6.45, 7) is 3.45. The summed E-state index contributed by atoms with van der Waals surface area (Å²) in [7, 11) is 3.70. The number of amides is 2. The van der Waals surface area contributed by atoms with Gasteiger partial charge in [0.05, 0.1) is 5.41 Å². The highest BCUT2D eigenvalue weighted by Gasteiger charge is 2.44. The number of hydrogen-bond donors (Lipinski definition) is 0. The number of nitrogens with zero attached hydrogens (tertiary/aromatic N) is 2. The summed E-state index contributed by atoms with van der Waals surface area (Å²) in [5.41, 5.74) is 4.39. The molecular formula is C29H36N2O2. The SMILES string of the molecule is Cc1ccccc1-c1ccccc1CC1(C(=O)N(C)C)CCN(C(=O)C2CC=CCC2)CC1. The van der Waals surface area contributed by atoms with E-state index in [2.05, 4.69) is 67.6 Å². The highest BCUT2D eigenvalue weighted by atomic mass is 16.2. The zero-order valence-corrected chi connectivity index (χ0v) is 20.2. The van der Waals surface area contributed by atoms with Gasteiger partial charge >= 0.3 is 0 Å². The molecule has 4 nitrogen and oxygen atoms in total. The molecule has 1 saturated heterocycles. The van der Waals surface area contributed by atoms with Gasteiger partial charge in [0.1, 0.15) is 0 Å². The van der Waals surface area contributed by atoms with Gasteiger partial charge in [0.2, 0.25) is 11.8 Å². The Kier molecular flexibility index (Phi) is 7.02. The van der Waals surface area contributed by atoms with Crippen molar-refractivity contribution in [2.24, 2.45) is 11.3 Å². The average Bonchev–Trinajstić information content (AvgIpc) is 2.85. The van der Waals surface area contributed by atoms with Crippen molar-refractivity contribution >= 4 is 11.8 Å². The summed E-state index contributed by atoms with van der Waals surface area (Å²) in [5, 5.41) is 0.